The first-order valence-electron chi connectivity index (χ1n) is 12.6. The van der Waals surface area contributed by atoms with E-state index in [4.69, 9.17) is 14.2 Å². The molecule has 0 saturated carbocycles. The number of nitrogens with one attached hydrogen (secondary N) is 1. The molecule has 36 heavy (non-hydrogen) atoms. The van der Waals surface area contributed by atoms with Crippen molar-refractivity contribution in [2.45, 2.75) is 60.9 Å². The van der Waals surface area contributed by atoms with Crippen LogP contribution in [0.5, 0.6) is 11.5 Å². The molecule has 1 aliphatic rings. The summed E-state index contributed by atoms with van der Waals surface area (Å²) in [5, 5.41) is 6.66. The van der Waals surface area contributed by atoms with Crippen LogP contribution in [0, 0.1) is 33.6 Å². The first kappa shape index (κ1) is 27.8. The predicted octanol–water partition coefficient (Wildman–Crippen LogP) is 6.35. The van der Waals surface area contributed by atoms with E-state index in [0.717, 1.165) is 40.2 Å². The van der Waals surface area contributed by atoms with E-state index in [1.165, 1.54) is 21.5 Å². The van der Waals surface area contributed by atoms with Crippen LogP contribution in [0.25, 0.3) is 0 Å². The minimum absolute atomic E-state index is 0.0323. The Morgan fingerprint density at radius 3 is 1.75 bits per heavy atom. The van der Waals surface area contributed by atoms with Gasteiger partial charge in [-0.05, 0) is 118 Å². The number of methoxy groups -OCH3 is 2. The van der Waals surface area contributed by atoms with Crippen molar-refractivity contribution in [2.75, 3.05) is 20.8 Å². The lowest BCUT2D eigenvalue weighted by Gasteiger charge is -2.29. The zero-order valence-corrected chi connectivity index (χ0v) is 24.0. The number of ether oxygens (including phenoxy) is 3. The number of rotatable bonds is 9. The number of alkyl carbamates (subject to hydrolysis) is 1. The number of carbonyl (C=O) groups excluding carboxylic acids is 1. The fourth-order valence-corrected chi connectivity index (χ4v) is 8.00. The number of aryl methyl sites for hydroxylation is 4. The van der Waals surface area contributed by atoms with E-state index >= 15 is 0 Å². The molecule has 2 aromatic carbocycles. The highest BCUT2D eigenvalue weighted by Gasteiger charge is 2.32. The minimum Gasteiger partial charge on any atom is -0.496 e. The van der Waals surface area contributed by atoms with Crippen LogP contribution in [0.1, 0.15) is 49.4 Å². The van der Waals surface area contributed by atoms with Gasteiger partial charge in [0.15, 0.2) is 0 Å². The Kier molecular flexibility index (Phi) is 9.24. The van der Waals surface area contributed by atoms with Crippen molar-refractivity contribution in [1.82, 2.24) is 5.32 Å². The molecule has 194 valence electrons. The van der Waals surface area contributed by atoms with Crippen molar-refractivity contribution in [2.24, 2.45) is 5.92 Å². The van der Waals surface area contributed by atoms with E-state index in [0.29, 0.717) is 6.61 Å². The highest BCUT2D eigenvalue weighted by atomic mass is 31.1. The lowest BCUT2D eigenvalue weighted by Crippen LogP contribution is -2.32. The van der Waals surface area contributed by atoms with Crippen LogP contribution in [0.3, 0.4) is 0 Å². The lowest BCUT2D eigenvalue weighted by molar-refractivity contribution is 0.136. The van der Waals surface area contributed by atoms with Gasteiger partial charge in [-0.15, -0.1) is 0 Å². The molecule has 1 aliphatic carbocycles. The fraction of sp³-hybridized carbons (Fsp3) is 0.433. The lowest BCUT2D eigenvalue weighted by atomic mass is 10.0. The Balaban J connectivity index is 2.12. The molecule has 6 heteroatoms. The predicted molar refractivity (Wildman–Crippen MR) is 151 cm³/mol. The maximum Gasteiger partial charge on any atom is 0.407 e. The maximum atomic E-state index is 12.3. The maximum absolute atomic E-state index is 12.3. The Hall–Kier alpha value is -2.78. The molecule has 0 saturated heterocycles. The van der Waals surface area contributed by atoms with E-state index in [1.54, 1.807) is 14.2 Å². The van der Waals surface area contributed by atoms with Crippen molar-refractivity contribution < 1.29 is 19.0 Å². The van der Waals surface area contributed by atoms with Gasteiger partial charge in [0, 0.05) is 12.0 Å². The molecule has 0 aliphatic heterocycles. The fourth-order valence-electron chi connectivity index (χ4n) is 5.04. The minimum atomic E-state index is -0.885. The van der Waals surface area contributed by atoms with Crippen molar-refractivity contribution in [3.05, 3.63) is 69.6 Å². The third kappa shape index (κ3) is 5.95. The van der Waals surface area contributed by atoms with Gasteiger partial charge in [0.1, 0.15) is 18.1 Å². The third-order valence-corrected chi connectivity index (χ3v) is 9.07. The summed E-state index contributed by atoms with van der Waals surface area (Å²) in [6.07, 6.45) is 5.00. The Labute approximate surface area is 217 Å². The highest BCUT2D eigenvalue weighted by molar-refractivity contribution is 7.76. The zero-order chi connectivity index (χ0) is 26.6. The number of amides is 1. The topological polar surface area (TPSA) is 56.8 Å². The van der Waals surface area contributed by atoms with Crippen molar-refractivity contribution >= 4 is 24.6 Å². The Morgan fingerprint density at radius 2 is 1.36 bits per heavy atom. The van der Waals surface area contributed by atoms with Gasteiger partial charge in [-0.2, -0.15) is 0 Å². The molecule has 0 aromatic heterocycles. The van der Waals surface area contributed by atoms with E-state index in [9.17, 15) is 4.79 Å². The first-order chi connectivity index (χ1) is 17.1. The molecule has 0 fully saturated rings. The van der Waals surface area contributed by atoms with Gasteiger partial charge >= 0.3 is 6.09 Å². The molecule has 2 aromatic rings. The number of allylic oxidation sites excluding steroid dienone is 2. The summed E-state index contributed by atoms with van der Waals surface area (Å²) in [4.78, 5) is 12.3. The van der Waals surface area contributed by atoms with E-state index in [-0.39, 0.29) is 18.1 Å². The van der Waals surface area contributed by atoms with Gasteiger partial charge in [0.2, 0.25) is 0 Å². The Bertz CT molecular complexity index is 1080. The standard InChI is InChI=1S/C30H40NO4P/c1-10-23-11-12-27(26(23)17-35-30(32)31-18(2)3)36(24-13-19(4)28(33-8)20(5)14-24)25-15-21(6)29(34-9)22(7)16-25/h11-16,18,26H,10,17H2,1-9H3,(H,31,32). The number of hydrogen-bond donors (Lipinski definition) is 1. The van der Waals surface area contributed by atoms with Crippen LogP contribution >= 0.6 is 7.92 Å². The van der Waals surface area contributed by atoms with E-state index in [2.05, 4.69) is 76.4 Å². The van der Waals surface area contributed by atoms with Crippen LogP contribution < -0.4 is 25.4 Å². The second-order valence-electron chi connectivity index (χ2n) is 9.70. The molecule has 1 amide bonds. The van der Waals surface area contributed by atoms with Crippen LogP contribution in [-0.4, -0.2) is 33.0 Å². The Morgan fingerprint density at radius 1 is 0.889 bits per heavy atom. The average Bonchev–Trinajstić information content (AvgIpc) is 3.19. The van der Waals surface area contributed by atoms with Crippen molar-refractivity contribution in [1.29, 1.82) is 0 Å². The summed E-state index contributed by atoms with van der Waals surface area (Å²) in [5.74, 6) is 1.90. The van der Waals surface area contributed by atoms with E-state index < -0.39 is 7.92 Å². The van der Waals surface area contributed by atoms with Crippen LogP contribution in [0.4, 0.5) is 4.79 Å². The number of carbonyl (C=O) groups is 1. The molecular formula is C30H40NO4P. The highest BCUT2D eigenvalue weighted by Crippen LogP contribution is 2.52. The first-order valence-corrected chi connectivity index (χ1v) is 13.9. The second-order valence-corrected chi connectivity index (χ2v) is 11.9. The summed E-state index contributed by atoms with van der Waals surface area (Å²) in [5.41, 5.74) is 5.77. The van der Waals surface area contributed by atoms with Crippen LogP contribution in [0.2, 0.25) is 0 Å². The van der Waals surface area contributed by atoms with Crippen molar-refractivity contribution in [3.63, 3.8) is 0 Å². The van der Waals surface area contributed by atoms with Gasteiger partial charge < -0.3 is 19.5 Å². The molecule has 5 nitrogen and oxygen atoms in total. The largest absolute Gasteiger partial charge is 0.496 e. The van der Waals surface area contributed by atoms with Gasteiger partial charge in [0.25, 0.3) is 0 Å². The molecule has 1 N–H and O–H groups in total. The molecule has 0 bridgehead atoms. The summed E-state index contributed by atoms with van der Waals surface area (Å²) >= 11 is 0. The molecule has 1 unspecified atom stereocenters. The molecule has 1 atom stereocenters. The zero-order valence-electron chi connectivity index (χ0n) is 23.1. The second kappa shape index (κ2) is 12.0. The molecule has 0 heterocycles. The monoisotopic (exact) mass is 509 g/mol. The molecule has 0 spiro atoms. The average molecular weight is 510 g/mol. The SMILES string of the molecule is CCC1=CC=C(P(c2cc(C)c(OC)c(C)c2)c2cc(C)c(OC)c(C)c2)C1COC(=O)NC(C)C. The van der Waals surface area contributed by atoms with Crippen LogP contribution in [0.15, 0.2) is 47.3 Å². The summed E-state index contributed by atoms with van der Waals surface area (Å²) in [7, 11) is 2.56. The van der Waals surface area contributed by atoms with Gasteiger partial charge in [0.05, 0.1) is 14.2 Å². The smallest absolute Gasteiger partial charge is 0.407 e. The molecular weight excluding hydrogens is 469 g/mol. The molecule has 0 radical (unpaired) electrons. The number of benzene rings is 2. The van der Waals surface area contributed by atoms with Gasteiger partial charge in [-0.1, -0.05) is 24.6 Å². The summed E-state index contributed by atoms with van der Waals surface area (Å²) in [6, 6.07) is 9.03. The molecule has 3 rings (SSSR count). The number of hydrogen-bond acceptors (Lipinski definition) is 4. The van der Waals surface area contributed by atoms with Crippen LogP contribution in [-0.2, 0) is 4.74 Å². The normalized spacial score (nSPS) is 15.1. The third-order valence-electron chi connectivity index (χ3n) is 6.54. The summed E-state index contributed by atoms with van der Waals surface area (Å²) in [6.45, 7) is 14.8. The van der Waals surface area contributed by atoms with Gasteiger partial charge in [-0.3, -0.25) is 0 Å². The van der Waals surface area contributed by atoms with Crippen molar-refractivity contribution in [3.8, 4) is 11.5 Å². The van der Waals surface area contributed by atoms with Gasteiger partial charge in [-0.25, -0.2) is 4.79 Å². The summed E-state index contributed by atoms with van der Waals surface area (Å²) < 4.78 is 17.1. The quantitative estimate of drug-likeness (QED) is 0.400. The van der Waals surface area contributed by atoms with E-state index in [1.807, 2.05) is 13.8 Å².